The number of benzene rings is 3. The second-order valence-electron chi connectivity index (χ2n) is 11.2. The van der Waals surface area contributed by atoms with Gasteiger partial charge >= 0.3 is 0 Å². The minimum absolute atomic E-state index is 0.0367. The summed E-state index contributed by atoms with van der Waals surface area (Å²) in [6, 6.07) is 19.9. The Bertz CT molecular complexity index is 1200. The molecule has 34 heavy (non-hydrogen) atoms. The summed E-state index contributed by atoms with van der Waals surface area (Å²) < 4.78 is 18.3. The van der Waals surface area contributed by atoms with E-state index in [2.05, 4.69) is 101 Å². The van der Waals surface area contributed by atoms with E-state index >= 15 is 0 Å². The topological polar surface area (TPSA) is 37.5 Å². The van der Waals surface area contributed by atoms with Gasteiger partial charge in [0.1, 0.15) is 0 Å². The number of hydrogen-bond donors (Lipinski definition) is 0. The number of ether oxygens (including phenoxy) is 3. The summed E-state index contributed by atoms with van der Waals surface area (Å²) in [5, 5.41) is 0. The van der Waals surface area contributed by atoms with Crippen molar-refractivity contribution < 1.29 is 14.2 Å². The highest BCUT2D eigenvalue weighted by molar-refractivity contribution is 5.86. The number of nitrogens with zero attached hydrogens (tertiary/aromatic N) is 1. The van der Waals surface area contributed by atoms with Gasteiger partial charge in [-0.05, 0) is 100 Å². The largest absolute Gasteiger partial charge is 0.453 e. The Morgan fingerprint density at radius 1 is 0.676 bits per heavy atom. The smallest absolute Gasteiger partial charge is 0.151 e. The molecule has 3 aliphatic heterocycles. The molecule has 3 heterocycles. The lowest BCUT2D eigenvalue weighted by Crippen LogP contribution is -2.17. The highest BCUT2D eigenvalue weighted by Crippen LogP contribution is 2.51. The third-order valence-corrected chi connectivity index (χ3v) is 7.40. The Hall–Kier alpha value is -2.82. The van der Waals surface area contributed by atoms with Crippen LogP contribution in [0.3, 0.4) is 0 Å². The number of rotatable bonds is 5. The van der Waals surface area contributed by atoms with Crippen LogP contribution in [0, 0.1) is 13.8 Å². The summed E-state index contributed by atoms with van der Waals surface area (Å²) >= 11 is 0. The molecule has 3 aliphatic rings. The van der Waals surface area contributed by atoms with E-state index in [1.807, 2.05) is 0 Å². The molecule has 2 unspecified atom stereocenters. The van der Waals surface area contributed by atoms with E-state index in [1.54, 1.807) is 0 Å². The zero-order valence-electron chi connectivity index (χ0n) is 20.9. The maximum Gasteiger partial charge on any atom is 0.151 e. The zero-order chi connectivity index (χ0) is 23.8. The van der Waals surface area contributed by atoms with Crippen molar-refractivity contribution in [3.8, 4) is 11.5 Å². The van der Waals surface area contributed by atoms with Gasteiger partial charge in [0.05, 0.1) is 34.8 Å². The maximum absolute atomic E-state index is 6.37. The lowest BCUT2D eigenvalue weighted by atomic mass is 9.96. The lowest BCUT2D eigenvalue weighted by Gasteiger charge is -2.34. The molecule has 0 amide bonds. The Morgan fingerprint density at radius 2 is 1.12 bits per heavy atom. The summed E-state index contributed by atoms with van der Waals surface area (Å²) in [6.07, 6.45) is 2.35. The van der Waals surface area contributed by atoms with E-state index in [0.29, 0.717) is 0 Å². The molecule has 0 saturated carbocycles. The van der Waals surface area contributed by atoms with Gasteiger partial charge < -0.3 is 19.1 Å². The first kappa shape index (κ1) is 21.7. The van der Waals surface area contributed by atoms with E-state index in [1.165, 1.54) is 22.3 Å². The van der Waals surface area contributed by atoms with E-state index in [0.717, 1.165) is 41.4 Å². The quantitative estimate of drug-likeness (QED) is 0.296. The van der Waals surface area contributed by atoms with Crippen molar-refractivity contribution in [2.45, 2.75) is 77.8 Å². The van der Waals surface area contributed by atoms with Crippen LogP contribution >= 0.6 is 0 Å². The van der Waals surface area contributed by atoms with Crippen LogP contribution in [0.2, 0.25) is 0 Å². The third kappa shape index (κ3) is 3.89. The first-order chi connectivity index (χ1) is 16.1. The minimum Gasteiger partial charge on any atom is -0.453 e. The average molecular weight is 456 g/mol. The SMILES string of the molecule is Cc1ccc2c(c1)Oc1cc(C)ccc1N2c1cc(CC2OC2(C)C)cc(CC2OC2(C)C)c1. The summed E-state index contributed by atoms with van der Waals surface area (Å²) in [6.45, 7) is 12.9. The molecule has 6 rings (SSSR count). The van der Waals surface area contributed by atoms with Crippen molar-refractivity contribution >= 4 is 17.1 Å². The molecule has 3 aromatic rings. The molecule has 0 spiro atoms. The van der Waals surface area contributed by atoms with Crippen molar-refractivity contribution in [3.05, 3.63) is 76.9 Å². The highest BCUT2D eigenvalue weighted by Gasteiger charge is 2.48. The molecule has 176 valence electrons. The van der Waals surface area contributed by atoms with Crippen molar-refractivity contribution in [1.82, 2.24) is 0 Å². The molecule has 0 aromatic heterocycles. The number of epoxide rings is 2. The van der Waals surface area contributed by atoms with Gasteiger partial charge in [0.25, 0.3) is 0 Å². The average Bonchev–Trinajstić information content (AvgIpc) is 3.57. The molecule has 0 radical (unpaired) electrons. The Kier molecular flexibility index (Phi) is 4.68. The van der Waals surface area contributed by atoms with E-state index in [4.69, 9.17) is 14.2 Å². The molecule has 0 N–H and O–H groups in total. The monoisotopic (exact) mass is 455 g/mol. The zero-order valence-corrected chi connectivity index (χ0v) is 20.9. The van der Waals surface area contributed by atoms with Crippen molar-refractivity contribution in [2.75, 3.05) is 4.90 Å². The molecule has 2 atom stereocenters. The Morgan fingerprint density at radius 3 is 1.53 bits per heavy atom. The van der Waals surface area contributed by atoms with Gasteiger partial charge in [-0.3, -0.25) is 0 Å². The summed E-state index contributed by atoms with van der Waals surface area (Å²) in [5.74, 6) is 1.78. The first-order valence-electron chi connectivity index (χ1n) is 12.3. The van der Waals surface area contributed by atoms with Gasteiger partial charge in [-0.15, -0.1) is 0 Å². The molecule has 3 aromatic carbocycles. The number of aryl methyl sites for hydroxylation is 2. The van der Waals surface area contributed by atoms with E-state index < -0.39 is 0 Å². The number of anilines is 3. The second kappa shape index (κ2) is 7.34. The van der Waals surface area contributed by atoms with Crippen LogP contribution < -0.4 is 9.64 Å². The second-order valence-corrected chi connectivity index (χ2v) is 11.2. The molecule has 4 heteroatoms. The summed E-state index contributed by atoms with van der Waals surface area (Å²) in [5.41, 5.74) is 8.19. The van der Waals surface area contributed by atoms with Gasteiger partial charge in [-0.25, -0.2) is 0 Å². The third-order valence-electron chi connectivity index (χ3n) is 7.40. The first-order valence-corrected chi connectivity index (χ1v) is 12.3. The predicted molar refractivity (Wildman–Crippen MR) is 136 cm³/mol. The van der Waals surface area contributed by atoms with Crippen LogP contribution in [-0.4, -0.2) is 23.4 Å². The fraction of sp³-hybridized carbons (Fsp3) is 0.400. The van der Waals surface area contributed by atoms with Crippen LogP contribution in [0.15, 0.2) is 54.6 Å². The molecule has 0 bridgehead atoms. The standard InChI is InChI=1S/C30H33NO3/c1-18-7-9-23-25(11-18)32-26-12-19(2)8-10-24(26)31(23)22-14-20(16-27-29(3,4)33-27)13-21(15-22)17-28-30(5,6)34-28/h7-15,27-28H,16-17H2,1-6H3. The molecule has 0 aliphatic carbocycles. The van der Waals surface area contributed by atoms with Crippen LogP contribution in [0.5, 0.6) is 11.5 Å². The van der Waals surface area contributed by atoms with Gasteiger partial charge in [0.15, 0.2) is 11.5 Å². The lowest BCUT2D eigenvalue weighted by molar-refractivity contribution is 0.323. The van der Waals surface area contributed by atoms with Gasteiger partial charge in [0.2, 0.25) is 0 Å². The summed E-state index contributed by atoms with van der Waals surface area (Å²) in [4.78, 5) is 2.35. The van der Waals surface area contributed by atoms with Crippen molar-refractivity contribution in [1.29, 1.82) is 0 Å². The fourth-order valence-corrected chi connectivity index (χ4v) is 5.08. The van der Waals surface area contributed by atoms with E-state index in [-0.39, 0.29) is 23.4 Å². The normalized spacial score (nSPS) is 23.1. The minimum atomic E-state index is -0.0367. The van der Waals surface area contributed by atoms with Crippen LogP contribution in [-0.2, 0) is 22.3 Å². The van der Waals surface area contributed by atoms with Crippen LogP contribution in [0.1, 0.15) is 49.9 Å². The van der Waals surface area contributed by atoms with Crippen LogP contribution in [0.4, 0.5) is 17.1 Å². The fourth-order valence-electron chi connectivity index (χ4n) is 5.08. The van der Waals surface area contributed by atoms with Crippen molar-refractivity contribution in [3.63, 3.8) is 0 Å². The van der Waals surface area contributed by atoms with Gasteiger partial charge in [-0.2, -0.15) is 0 Å². The Balaban J connectivity index is 1.46. The molecule has 2 fully saturated rings. The molecular weight excluding hydrogens is 422 g/mol. The summed E-state index contributed by atoms with van der Waals surface area (Å²) in [7, 11) is 0. The molecule has 4 nitrogen and oxygen atoms in total. The number of fused-ring (bicyclic) bond motifs is 2. The van der Waals surface area contributed by atoms with Gasteiger partial charge in [-0.1, -0.05) is 18.2 Å². The van der Waals surface area contributed by atoms with E-state index in [9.17, 15) is 0 Å². The van der Waals surface area contributed by atoms with Gasteiger partial charge in [0, 0.05) is 18.5 Å². The highest BCUT2D eigenvalue weighted by atomic mass is 16.6. The Labute approximate surface area is 202 Å². The molecule has 2 saturated heterocycles. The van der Waals surface area contributed by atoms with Crippen LogP contribution in [0.25, 0.3) is 0 Å². The number of hydrogen-bond acceptors (Lipinski definition) is 4. The maximum atomic E-state index is 6.37. The predicted octanol–water partition coefficient (Wildman–Crippen LogP) is 7.32. The van der Waals surface area contributed by atoms with Crippen molar-refractivity contribution in [2.24, 2.45) is 0 Å². The molecular formula is C30H33NO3.